The minimum absolute atomic E-state index is 0.120. The summed E-state index contributed by atoms with van der Waals surface area (Å²) in [6.45, 7) is 3.40. The zero-order chi connectivity index (χ0) is 22.8. The van der Waals surface area contributed by atoms with Gasteiger partial charge in [0, 0.05) is 19.4 Å². The Kier molecular flexibility index (Phi) is 9.31. The molecule has 0 atom stereocenters. The number of thiocarbonyl (C=S) groups is 1. The van der Waals surface area contributed by atoms with Crippen LogP contribution < -0.4 is 4.74 Å². The Morgan fingerprint density at radius 3 is 2.56 bits per heavy atom. The molecule has 168 valence electrons. The van der Waals surface area contributed by atoms with Crippen LogP contribution in [-0.4, -0.2) is 40.9 Å². The van der Waals surface area contributed by atoms with Crippen molar-refractivity contribution in [3.05, 3.63) is 70.6 Å². The Balaban J connectivity index is 1.48. The van der Waals surface area contributed by atoms with E-state index in [1.165, 1.54) is 17.3 Å². The molecule has 0 saturated carbocycles. The van der Waals surface area contributed by atoms with Crippen molar-refractivity contribution in [2.45, 2.75) is 32.6 Å². The third kappa shape index (κ3) is 7.21. The van der Waals surface area contributed by atoms with Crippen molar-refractivity contribution < 1.29 is 19.1 Å². The average Bonchev–Trinajstić information content (AvgIpc) is 3.07. The van der Waals surface area contributed by atoms with Crippen molar-refractivity contribution in [2.75, 3.05) is 19.8 Å². The van der Waals surface area contributed by atoms with E-state index < -0.39 is 0 Å². The quantitative estimate of drug-likeness (QED) is 0.255. The van der Waals surface area contributed by atoms with E-state index in [2.05, 4.69) is 12.1 Å². The number of carbonyl (C=O) groups is 2. The molecule has 0 spiro atoms. The lowest BCUT2D eigenvalue weighted by Gasteiger charge is -2.13. The summed E-state index contributed by atoms with van der Waals surface area (Å²) in [5.74, 6) is 0.435. The molecule has 1 amide bonds. The van der Waals surface area contributed by atoms with Gasteiger partial charge in [-0.1, -0.05) is 73.4 Å². The highest BCUT2D eigenvalue weighted by Crippen LogP contribution is 2.33. The van der Waals surface area contributed by atoms with Gasteiger partial charge in [-0.2, -0.15) is 0 Å². The van der Waals surface area contributed by atoms with E-state index in [9.17, 15) is 9.59 Å². The fourth-order valence-electron chi connectivity index (χ4n) is 3.11. The van der Waals surface area contributed by atoms with Gasteiger partial charge in [-0.3, -0.25) is 14.5 Å². The molecule has 1 heterocycles. The molecular formula is C25H27NO4S2. The number of amides is 1. The molecule has 0 radical (unpaired) electrons. The molecule has 0 aromatic heterocycles. The second kappa shape index (κ2) is 12.4. The molecule has 0 N–H and O–H groups in total. The first-order valence-electron chi connectivity index (χ1n) is 10.7. The first-order chi connectivity index (χ1) is 15.6. The van der Waals surface area contributed by atoms with Crippen molar-refractivity contribution in [3.8, 4) is 5.75 Å². The maximum absolute atomic E-state index is 12.7. The van der Waals surface area contributed by atoms with Gasteiger partial charge in [0.25, 0.3) is 5.91 Å². The van der Waals surface area contributed by atoms with Crippen molar-refractivity contribution in [3.63, 3.8) is 0 Å². The predicted octanol–water partition coefficient (Wildman–Crippen LogP) is 5.24. The smallest absolute Gasteiger partial charge is 0.305 e. The normalized spacial score (nSPS) is 14.8. The molecule has 5 nitrogen and oxygen atoms in total. The second-order valence-electron chi connectivity index (χ2n) is 7.31. The summed E-state index contributed by atoms with van der Waals surface area (Å²) in [6, 6.07) is 17.9. The zero-order valence-corrected chi connectivity index (χ0v) is 19.8. The lowest BCUT2D eigenvalue weighted by Crippen LogP contribution is -2.29. The minimum atomic E-state index is -0.237. The summed E-state index contributed by atoms with van der Waals surface area (Å²) in [5.41, 5.74) is 2.15. The predicted molar refractivity (Wildman–Crippen MR) is 132 cm³/mol. The van der Waals surface area contributed by atoms with Crippen molar-refractivity contribution >= 4 is 46.3 Å². The Bertz CT molecular complexity index is 958. The van der Waals surface area contributed by atoms with Gasteiger partial charge in [-0.25, -0.2) is 0 Å². The molecule has 1 saturated heterocycles. The van der Waals surface area contributed by atoms with Gasteiger partial charge in [0.1, 0.15) is 10.1 Å². The van der Waals surface area contributed by atoms with Gasteiger partial charge < -0.3 is 9.47 Å². The van der Waals surface area contributed by atoms with E-state index in [0.29, 0.717) is 35.4 Å². The van der Waals surface area contributed by atoms with Gasteiger partial charge >= 0.3 is 5.97 Å². The summed E-state index contributed by atoms with van der Waals surface area (Å²) < 4.78 is 11.4. The number of benzene rings is 2. The molecule has 2 aromatic carbocycles. The molecule has 1 fully saturated rings. The number of hydrogen-bond acceptors (Lipinski definition) is 6. The molecule has 1 aliphatic rings. The van der Waals surface area contributed by atoms with Crippen LogP contribution in [-0.2, 0) is 20.7 Å². The topological polar surface area (TPSA) is 55.8 Å². The minimum Gasteiger partial charge on any atom is -0.493 e. The molecule has 0 bridgehead atoms. The Hall–Kier alpha value is -2.64. The van der Waals surface area contributed by atoms with Crippen molar-refractivity contribution in [1.82, 2.24) is 4.90 Å². The van der Waals surface area contributed by atoms with Crippen LogP contribution >= 0.6 is 24.0 Å². The lowest BCUT2D eigenvalue weighted by molar-refractivity contribution is -0.144. The number of rotatable bonds is 11. The van der Waals surface area contributed by atoms with E-state index in [1.807, 2.05) is 55.5 Å². The Morgan fingerprint density at radius 2 is 1.84 bits per heavy atom. The van der Waals surface area contributed by atoms with E-state index in [4.69, 9.17) is 21.7 Å². The summed E-state index contributed by atoms with van der Waals surface area (Å²) >= 11 is 6.65. The first-order valence-corrected chi connectivity index (χ1v) is 12.0. The molecule has 7 heteroatoms. The van der Waals surface area contributed by atoms with Gasteiger partial charge in [0.05, 0.1) is 18.1 Å². The number of thioether (sulfide) groups is 1. The monoisotopic (exact) mass is 469 g/mol. The van der Waals surface area contributed by atoms with Crippen LogP contribution in [0.4, 0.5) is 0 Å². The van der Waals surface area contributed by atoms with E-state index >= 15 is 0 Å². The summed E-state index contributed by atoms with van der Waals surface area (Å²) in [6.07, 6.45) is 4.29. The summed E-state index contributed by atoms with van der Waals surface area (Å²) in [4.78, 5) is 26.5. The number of esters is 1. The average molecular weight is 470 g/mol. The van der Waals surface area contributed by atoms with Crippen molar-refractivity contribution in [2.24, 2.45) is 0 Å². The Labute approximate surface area is 198 Å². The Morgan fingerprint density at radius 1 is 1.09 bits per heavy atom. The van der Waals surface area contributed by atoms with E-state index in [-0.39, 0.29) is 18.3 Å². The van der Waals surface area contributed by atoms with Crippen LogP contribution in [0.3, 0.4) is 0 Å². The van der Waals surface area contributed by atoms with Crippen LogP contribution in [0.25, 0.3) is 6.08 Å². The third-order valence-electron chi connectivity index (χ3n) is 4.78. The maximum atomic E-state index is 12.7. The standard InChI is InChI=1S/C25H27NO4S2/c1-2-16-30-23(27)9-6-15-26-24(28)22(32-25(26)31)18-20-10-12-21(13-11-20)29-17-14-19-7-4-3-5-8-19/h3-5,7-8,10-13,18H,2,6,9,14-17H2,1H3/b22-18-. The summed E-state index contributed by atoms with van der Waals surface area (Å²) in [5, 5.41) is 0. The highest BCUT2D eigenvalue weighted by Gasteiger charge is 2.31. The zero-order valence-electron chi connectivity index (χ0n) is 18.1. The molecular weight excluding hydrogens is 442 g/mol. The fourth-order valence-corrected chi connectivity index (χ4v) is 4.41. The molecule has 0 unspecified atom stereocenters. The second-order valence-corrected chi connectivity index (χ2v) is 8.99. The van der Waals surface area contributed by atoms with Crippen molar-refractivity contribution in [1.29, 1.82) is 0 Å². The molecule has 2 aromatic rings. The lowest BCUT2D eigenvalue weighted by atomic mass is 10.2. The van der Waals surface area contributed by atoms with Crippen LogP contribution in [0.2, 0.25) is 0 Å². The molecule has 3 rings (SSSR count). The van der Waals surface area contributed by atoms with Crippen LogP contribution in [0.1, 0.15) is 37.3 Å². The maximum Gasteiger partial charge on any atom is 0.305 e. The summed E-state index contributed by atoms with van der Waals surface area (Å²) in [7, 11) is 0. The van der Waals surface area contributed by atoms with Gasteiger partial charge in [-0.05, 0) is 42.2 Å². The van der Waals surface area contributed by atoms with E-state index in [0.717, 1.165) is 24.2 Å². The molecule has 1 aliphatic heterocycles. The first kappa shape index (κ1) is 24.0. The van der Waals surface area contributed by atoms with Gasteiger partial charge in [0.15, 0.2) is 0 Å². The highest BCUT2D eigenvalue weighted by atomic mass is 32.2. The fraction of sp³-hybridized carbons (Fsp3) is 0.320. The van der Waals surface area contributed by atoms with Gasteiger partial charge in [-0.15, -0.1) is 0 Å². The third-order valence-corrected chi connectivity index (χ3v) is 6.16. The number of carbonyl (C=O) groups excluding carboxylic acids is 2. The molecule has 32 heavy (non-hydrogen) atoms. The van der Waals surface area contributed by atoms with Crippen LogP contribution in [0, 0.1) is 0 Å². The number of hydrogen-bond donors (Lipinski definition) is 0. The number of ether oxygens (including phenoxy) is 2. The van der Waals surface area contributed by atoms with Crippen LogP contribution in [0.15, 0.2) is 59.5 Å². The van der Waals surface area contributed by atoms with Gasteiger partial charge in [0.2, 0.25) is 0 Å². The van der Waals surface area contributed by atoms with E-state index in [1.54, 1.807) is 4.90 Å². The molecule has 0 aliphatic carbocycles. The SMILES string of the molecule is CCCOC(=O)CCCN1C(=O)/C(=C/c2ccc(OCCc3ccccc3)cc2)SC1=S. The highest BCUT2D eigenvalue weighted by molar-refractivity contribution is 8.26. The van der Waals surface area contributed by atoms with Crippen LogP contribution in [0.5, 0.6) is 5.75 Å². The number of nitrogens with zero attached hydrogens (tertiary/aromatic N) is 1. The largest absolute Gasteiger partial charge is 0.493 e.